The van der Waals surface area contributed by atoms with Crippen LogP contribution < -0.4 is 0 Å². The van der Waals surface area contributed by atoms with E-state index in [-0.39, 0.29) is 6.42 Å². The normalized spacial score (nSPS) is 15.6. The third-order valence-electron chi connectivity index (χ3n) is 1.55. The molecule has 0 bridgehead atoms. The third kappa shape index (κ3) is 8.01. The fraction of sp³-hybridized carbons (Fsp3) is 0.875. The molecule has 12 heavy (non-hydrogen) atoms. The first-order valence-electron chi connectivity index (χ1n) is 4.06. The predicted octanol–water partition coefficient (Wildman–Crippen LogP) is 1.78. The molecule has 0 spiro atoms. The molecule has 2 atom stereocenters. The third-order valence-corrected chi connectivity index (χ3v) is 2.01. The second kappa shape index (κ2) is 6.43. The Bertz CT molecular complexity index is 136. The molecule has 2 unspecified atom stereocenters. The van der Waals surface area contributed by atoms with Crippen LogP contribution in [0.5, 0.6) is 0 Å². The van der Waals surface area contributed by atoms with E-state index < -0.39 is 12.1 Å². The van der Waals surface area contributed by atoms with E-state index >= 15 is 0 Å². The lowest BCUT2D eigenvalue weighted by atomic mass is 10.1. The van der Waals surface area contributed by atoms with Crippen LogP contribution in [0.4, 0.5) is 0 Å². The van der Waals surface area contributed by atoms with E-state index in [9.17, 15) is 4.79 Å². The number of hydrogen-bond donors (Lipinski definition) is 2. The first kappa shape index (κ1) is 11.9. The monoisotopic (exact) mass is 238 g/mol. The van der Waals surface area contributed by atoms with Gasteiger partial charge in [-0.05, 0) is 19.3 Å². The molecule has 0 aliphatic heterocycles. The average Bonchev–Trinajstić information content (AvgIpc) is 1.84. The zero-order valence-electron chi connectivity index (χ0n) is 7.16. The number of carboxylic acid groups (broad SMARTS) is 1. The molecule has 0 aromatic rings. The summed E-state index contributed by atoms with van der Waals surface area (Å²) in [7, 11) is 0. The standard InChI is InChI=1S/C8H15BrO3/c1-6(9)3-2-4-7(10)5-8(11)12/h6-7,10H,2-5H2,1H3,(H,11,12). The molecule has 3 nitrogen and oxygen atoms in total. The lowest BCUT2D eigenvalue weighted by molar-refractivity contribution is -0.139. The van der Waals surface area contributed by atoms with Gasteiger partial charge in [-0.15, -0.1) is 0 Å². The van der Waals surface area contributed by atoms with E-state index in [2.05, 4.69) is 15.9 Å². The van der Waals surface area contributed by atoms with Gasteiger partial charge in [0.05, 0.1) is 12.5 Å². The number of halogens is 1. The smallest absolute Gasteiger partial charge is 0.305 e. The lowest BCUT2D eigenvalue weighted by Crippen LogP contribution is -2.12. The lowest BCUT2D eigenvalue weighted by Gasteiger charge is -2.07. The molecule has 2 N–H and O–H groups in total. The maximum absolute atomic E-state index is 10.1. The van der Waals surface area contributed by atoms with Gasteiger partial charge in [0.2, 0.25) is 0 Å². The van der Waals surface area contributed by atoms with E-state index in [0.29, 0.717) is 11.2 Å². The van der Waals surface area contributed by atoms with Crippen molar-refractivity contribution in [2.45, 2.75) is 43.5 Å². The fourth-order valence-corrected chi connectivity index (χ4v) is 1.26. The Morgan fingerprint density at radius 3 is 2.50 bits per heavy atom. The SMILES string of the molecule is CC(Br)CCCC(O)CC(=O)O. The van der Waals surface area contributed by atoms with Crippen molar-refractivity contribution in [3.63, 3.8) is 0 Å². The average molecular weight is 239 g/mol. The summed E-state index contributed by atoms with van der Waals surface area (Å²) in [6, 6.07) is 0. The van der Waals surface area contributed by atoms with Crippen LogP contribution in [0.1, 0.15) is 32.6 Å². The number of aliphatic hydroxyl groups excluding tert-OH is 1. The number of carboxylic acids is 1. The number of aliphatic hydroxyl groups is 1. The minimum absolute atomic E-state index is 0.142. The summed E-state index contributed by atoms with van der Waals surface area (Å²) < 4.78 is 0. The Morgan fingerprint density at radius 1 is 1.50 bits per heavy atom. The summed E-state index contributed by atoms with van der Waals surface area (Å²) in [6.45, 7) is 2.03. The van der Waals surface area contributed by atoms with Gasteiger partial charge in [-0.1, -0.05) is 22.9 Å². The van der Waals surface area contributed by atoms with E-state index in [1.807, 2.05) is 6.92 Å². The Labute approximate surface area is 80.9 Å². The van der Waals surface area contributed by atoms with Crippen LogP contribution in [0.25, 0.3) is 0 Å². The molecular weight excluding hydrogens is 224 g/mol. The van der Waals surface area contributed by atoms with Crippen molar-refractivity contribution in [3.05, 3.63) is 0 Å². The number of hydrogen-bond acceptors (Lipinski definition) is 2. The molecule has 0 fully saturated rings. The zero-order chi connectivity index (χ0) is 9.56. The van der Waals surface area contributed by atoms with Crippen molar-refractivity contribution in [3.8, 4) is 0 Å². The highest BCUT2D eigenvalue weighted by Crippen LogP contribution is 2.11. The van der Waals surface area contributed by atoms with Crippen molar-refractivity contribution in [1.82, 2.24) is 0 Å². The van der Waals surface area contributed by atoms with Gasteiger partial charge in [0.1, 0.15) is 0 Å². The first-order valence-corrected chi connectivity index (χ1v) is 4.98. The van der Waals surface area contributed by atoms with Gasteiger partial charge in [0, 0.05) is 4.83 Å². The van der Waals surface area contributed by atoms with Crippen LogP contribution in [0, 0.1) is 0 Å². The van der Waals surface area contributed by atoms with E-state index in [1.54, 1.807) is 0 Å². The molecule has 0 radical (unpaired) electrons. The zero-order valence-corrected chi connectivity index (χ0v) is 8.75. The van der Waals surface area contributed by atoms with Gasteiger partial charge in [0.15, 0.2) is 0 Å². The van der Waals surface area contributed by atoms with Gasteiger partial charge in [-0.2, -0.15) is 0 Å². The number of alkyl halides is 1. The summed E-state index contributed by atoms with van der Waals surface area (Å²) in [5, 5.41) is 17.5. The Morgan fingerprint density at radius 2 is 2.08 bits per heavy atom. The van der Waals surface area contributed by atoms with E-state index in [0.717, 1.165) is 12.8 Å². The van der Waals surface area contributed by atoms with Crippen LogP contribution >= 0.6 is 15.9 Å². The van der Waals surface area contributed by atoms with Crippen LogP contribution in [-0.2, 0) is 4.79 Å². The summed E-state index contributed by atoms with van der Waals surface area (Å²) in [5.74, 6) is -0.936. The molecule has 0 amide bonds. The quantitative estimate of drug-likeness (QED) is 0.694. The highest BCUT2D eigenvalue weighted by molar-refractivity contribution is 9.09. The largest absolute Gasteiger partial charge is 0.481 e. The highest BCUT2D eigenvalue weighted by Gasteiger charge is 2.09. The van der Waals surface area contributed by atoms with Crippen LogP contribution in [0.3, 0.4) is 0 Å². The van der Waals surface area contributed by atoms with Gasteiger partial charge in [-0.3, -0.25) is 4.79 Å². The molecule has 0 rings (SSSR count). The maximum atomic E-state index is 10.1. The predicted molar refractivity (Wildman–Crippen MR) is 50.5 cm³/mol. The van der Waals surface area contributed by atoms with Crippen molar-refractivity contribution in [1.29, 1.82) is 0 Å². The molecule has 0 aliphatic rings. The fourth-order valence-electron chi connectivity index (χ4n) is 0.938. The minimum Gasteiger partial charge on any atom is -0.481 e. The molecule has 0 aromatic heterocycles. The minimum atomic E-state index is -0.936. The van der Waals surface area contributed by atoms with Crippen molar-refractivity contribution in [2.24, 2.45) is 0 Å². The molecule has 0 aromatic carbocycles. The topological polar surface area (TPSA) is 57.5 Å². The molecule has 0 aliphatic carbocycles. The van der Waals surface area contributed by atoms with Crippen LogP contribution in [0.2, 0.25) is 0 Å². The van der Waals surface area contributed by atoms with Crippen LogP contribution in [-0.4, -0.2) is 27.1 Å². The maximum Gasteiger partial charge on any atom is 0.305 e. The second-order valence-electron chi connectivity index (χ2n) is 2.96. The molecule has 4 heteroatoms. The van der Waals surface area contributed by atoms with Crippen LogP contribution in [0.15, 0.2) is 0 Å². The van der Waals surface area contributed by atoms with Crippen molar-refractivity contribution in [2.75, 3.05) is 0 Å². The van der Waals surface area contributed by atoms with Crippen molar-refractivity contribution >= 4 is 21.9 Å². The van der Waals surface area contributed by atoms with E-state index in [4.69, 9.17) is 10.2 Å². The van der Waals surface area contributed by atoms with Gasteiger partial charge in [0.25, 0.3) is 0 Å². The molecule has 0 saturated heterocycles. The van der Waals surface area contributed by atoms with Gasteiger partial charge < -0.3 is 10.2 Å². The summed E-state index contributed by atoms with van der Waals surface area (Å²) in [6.07, 6.45) is 1.57. The molecular formula is C8H15BrO3. The van der Waals surface area contributed by atoms with Crippen molar-refractivity contribution < 1.29 is 15.0 Å². The number of carbonyl (C=O) groups is 1. The molecule has 0 saturated carbocycles. The first-order chi connectivity index (χ1) is 5.52. The Hall–Kier alpha value is -0.0900. The Kier molecular flexibility index (Phi) is 6.38. The van der Waals surface area contributed by atoms with E-state index in [1.165, 1.54) is 0 Å². The summed E-state index contributed by atoms with van der Waals surface area (Å²) >= 11 is 3.38. The summed E-state index contributed by atoms with van der Waals surface area (Å²) in [4.78, 5) is 10.6. The van der Waals surface area contributed by atoms with Gasteiger partial charge in [-0.25, -0.2) is 0 Å². The molecule has 72 valence electrons. The summed E-state index contributed by atoms with van der Waals surface area (Å²) in [5.41, 5.74) is 0. The molecule has 0 heterocycles. The number of aliphatic carboxylic acids is 1. The Balaban J connectivity index is 3.31. The second-order valence-corrected chi connectivity index (χ2v) is 4.53. The van der Waals surface area contributed by atoms with Gasteiger partial charge >= 0.3 is 5.97 Å². The number of rotatable bonds is 6. The highest BCUT2D eigenvalue weighted by atomic mass is 79.9.